The van der Waals surface area contributed by atoms with Crippen LogP contribution in [-0.2, 0) is 4.79 Å². The lowest BCUT2D eigenvalue weighted by Crippen LogP contribution is -2.32. The highest BCUT2D eigenvalue weighted by atomic mass is 35.5. The Kier molecular flexibility index (Phi) is 8.29. The number of nitrogens with zero attached hydrogens (tertiary/aromatic N) is 1. The minimum atomic E-state index is -0.800. The lowest BCUT2D eigenvalue weighted by Gasteiger charge is -2.25. The minimum Gasteiger partial charge on any atom is -0.481 e. The molecular weight excluding hydrogens is 488 g/mol. The first kappa shape index (κ1) is 26.4. The van der Waals surface area contributed by atoms with Gasteiger partial charge < -0.3 is 15.3 Å². The van der Waals surface area contributed by atoms with Crippen LogP contribution >= 0.6 is 11.6 Å². The third kappa shape index (κ3) is 6.20. The van der Waals surface area contributed by atoms with E-state index in [4.69, 9.17) is 16.7 Å². The van der Waals surface area contributed by atoms with Gasteiger partial charge in [-0.05, 0) is 105 Å². The molecule has 37 heavy (non-hydrogen) atoms. The van der Waals surface area contributed by atoms with Crippen LogP contribution in [0.15, 0.2) is 60.7 Å². The van der Waals surface area contributed by atoms with Crippen LogP contribution in [0, 0.1) is 13.8 Å². The monoisotopic (exact) mass is 518 g/mol. The van der Waals surface area contributed by atoms with Crippen LogP contribution < -0.4 is 10.2 Å². The predicted octanol–water partition coefficient (Wildman–Crippen LogP) is 6.99. The summed E-state index contributed by atoms with van der Waals surface area (Å²) in [7, 11) is 0. The molecule has 0 radical (unpaired) electrons. The summed E-state index contributed by atoms with van der Waals surface area (Å²) >= 11 is 6.33. The quantitative estimate of drug-likeness (QED) is 0.353. The van der Waals surface area contributed by atoms with Crippen LogP contribution in [0.2, 0.25) is 5.02 Å². The first-order valence-corrected chi connectivity index (χ1v) is 12.9. The number of fused-ring (bicyclic) bond motifs is 1. The molecule has 1 unspecified atom stereocenters. The fourth-order valence-electron chi connectivity index (χ4n) is 5.03. The summed E-state index contributed by atoms with van der Waals surface area (Å²) in [4.78, 5) is 39.3. The molecule has 1 aliphatic heterocycles. The molecule has 6 nitrogen and oxygen atoms in total. The van der Waals surface area contributed by atoms with E-state index in [-0.39, 0.29) is 24.2 Å². The summed E-state index contributed by atoms with van der Waals surface area (Å²) in [5.41, 5.74) is 5.28. The molecular formula is C30H31ClN2O4. The van der Waals surface area contributed by atoms with Gasteiger partial charge in [-0.1, -0.05) is 29.8 Å². The van der Waals surface area contributed by atoms with E-state index < -0.39 is 5.97 Å². The van der Waals surface area contributed by atoms with Gasteiger partial charge in [-0.15, -0.1) is 0 Å². The Hall–Kier alpha value is -3.64. The molecule has 1 atom stereocenters. The van der Waals surface area contributed by atoms with Crippen molar-refractivity contribution in [3.63, 3.8) is 0 Å². The van der Waals surface area contributed by atoms with Gasteiger partial charge in [0.25, 0.3) is 11.8 Å². The Bertz CT molecular complexity index is 1340. The third-order valence-corrected chi connectivity index (χ3v) is 7.18. The first-order chi connectivity index (χ1) is 17.7. The average molecular weight is 519 g/mol. The molecule has 1 heterocycles. The van der Waals surface area contributed by atoms with Gasteiger partial charge in [0.2, 0.25) is 0 Å². The van der Waals surface area contributed by atoms with Gasteiger partial charge in [0, 0.05) is 40.5 Å². The molecule has 3 aromatic rings. The first-order valence-electron chi connectivity index (χ1n) is 12.6. The normalized spacial score (nSPS) is 15.0. The number of aryl methyl sites for hydroxylation is 2. The highest BCUT2D eigenvalue weighted by molar-refractivity contribution is 6.30. The fourth-order valence-corrected chi connectivity index (χ4v) is 5.21. The van der Waals surface area contributed by atoms with Gasteiger partial charge in [0.1, 0.15) is 0 Å². The second kappa shape index (κ2) is 11.6. The molecule has 1 aliphatic rings. The molecule has 0 fully saturated rings. The van der Waals surface area contributed by atoms with E-state index in [1.807, 2.05) is 50.2 Å². The number of amides is 2. The SMILES string of the molecule is Cc1ccccc1C(=O)Nc1ccc(C(=O)N2CCCC(CCCC(=O)O)c3cc(Cl)ccc32)c(C)c1. The smallest absolute Gasteiger partial charge is 0.303 e. The molecule has 0 spiro atoms. The summed E-state index contributed by atoms with van der Waals surface area (Å²) in [6, 6.07) is 18.3. The van der Waals surface area contributed by atoms with Crippen molar-refractivity contribution < 1.29 is 19.5 Å². The van der Waals surface area contributed by atoms with Crippen LogP contribution in [0.5, 0.6) is 0 Å². The van der Waals surface area contributed by atoms with E-state index in [9.17, 15) is 14.4 Å². The standard InChI is InChI=1S/C30H31ClN2O4/c1-19-7-3-4-10-24(19)29(36)32-23-13-14-25(20(2)17-23)30(37)33-16-6-9-21(8-5-11-28(34)35)26-18-22(31)12-15-27(26)33/h3-4,7,10,12-15,17-18,21H,5-6,8-9,11,16H2,1-2H3,(H,32,36)(H,34,35). The Balaban J connectivity index is 1.57. The van der Waals surface area contributed by atoms with E-state index in [0.29, 0.717) is 34.8 Å². The lowest BCUT2D eigenvalue weighted by atomic mass is 9.89. The third-order valence-electron chi connectivity index (χ3n) is 6.95. The number of carboxylic acids is 1. The van der Waals surface area contributed by atoms with Crippen molar-refractivity contribution in [2.75, 3.05) is 16.8 Å². The molecule has 3 aromatic carbocycles. The van der Waals surface area contributed by atoms with E-state index in [2.05, 4.69) is 5.32 Å². The zero-order chi connectivity index (χ0) is 26.5. The largest absolute Gasteiger partial charge is 0.481 e. The number of hydrogen-bond donors (Lipinski definition) is 2. The Morgan fingerprint density at radius 3 is 2.51 bits per heavy atom. The van der Waals surface area contributed by atoms with Crippen LogP contribution in [0.25, 0.3) is 0 Å². The molecule has 0 aliphatic carbocycles. The Morgan fingerprint density at radius 1 is 1.00 bits per heavy atom. The van der Waals surface area contributed by atoms with Gasteiger partial charge in [-0.3, -0.25) is 14.4 Å². The van der Waals surface area contributed by atoms with Gasteiger partial charge in [0.15, 0.2) is 0 Å². The molecule has 192 valence electrons. The number of carbonyl (C=O) groups is 3. The number of benzene rings is 3. The maximum Gasteiger partial charge on any atom is 0.303 e. The van der Waals surface area contributed by atoms with Crippen molar-refractivity contribution in [3.05, 3.63) is 93.5 Å². The number of hydrogen-bond acceptors (Lipinski definition) is 3. The fraction of sp³-hybridized carbons (Fsp3) is 0.300. The molecule has 0 aromatic heterocycles. The van der Waals surface area contributed by atoms with Gasteiger partial charge in [-0.2, -0.15) is 0 Å². The highest BCUT2D eigenvalue weighted by Crippen LogP contribution is 2.39. The number of carboxylic acid groups (broad SMARTS) is 1. The zero-order valence-electron chi connectivity index (χ0n) is 21.1. The summed E-state index contributed by atoms with van der Waals surface area (Å²) in [5, 5.41) is 12.6. The zero-order valence-corrected chi connectivity index (χ0v) is 21.8. The van der Waals surface area contributed by atoms with Gasteiger partial charge in [-0.25, -0.2) is 0 Å². The summed E-state index contributed by atoms with van der Waals surface area (Å²) in [5.74, 6) is -0.954. The Labute approximate surface area is 222 Å². The van der Waals surface area contributed by atoms with E-state index in [1.54, 1.807) is 29.2 Å². The van der Waals surface area contributed by atoms with Gasteiger partial charge in [0.05, 0.1) is 0 Å². The summed E-state index contributed by atoms with van der Waals surface area (Å²) in [6.07, 6.45) is 3.10. The summed E-state index contributed by atoms with van der Waals surface area (Å²) in [6.45, 7) is 4.32. The molecule has 2 N–H and O–H groups in total. The second-order valence-corrected chi connectivity index (χ2v) is 10.0. The molecule has 0 bridgehead atoms. The predicted molar refractivity (Wildman–Crippen MR) is 147 cm³/mol. The van der Waals surface area contributed by atoms with Crippen molar-refractivity contribution >= 4 is 40.8 Å². The number of rotatable bonds is 7. The van der Waals surface area contributed by atoms with E-state index in [0.717, 1.165) is 41.6 Å². The molecule has 0 saturated heterocycles. The number of halogens is 1. The van der Waals surface area contributed by atoms with Crippen molar-refractivity contribution in [1.82, 2.24) is 0 Å². The minimum absolute atomic E-state index is 0.107. The summed E-state index contributed by atoms with van der Waals surface area (Å²) < 4.78 is 0. The van der Waals surface area contributed by atoms with Crippen molar-refractivity contribution in [1.29, 1.82) is 0 Å². The highest BCUT2D eigenvalue weighted by Gasteiger charge is 2.28. The maximum absolute atomic E-state index is 13.8. The van der Waals surface area contributed by atoms with E-state index >= 15 is 0 Å². The van der Waals surface area contributed by atoms with Crippen molar-refractivity contribution in [2.24, 2.45) is 0 Å². The lowest BCUT2D eigenvalue weighted by molar-refractivity contribution is -0.137. The van der Waals surface area contributed by atoms with Crippen molar-refractivity contribution in [2.45, 2.75) is 51.9 Å². The topological polar surface area (TPSA) is 86.7 Å². The number of nitrogens with one attached hydrogen (secondary N) is 1. The molecule has 2 amide bonds. The maximum atomic E-state index is 13.8. The van der Waals surface area contributed by atoms with E-state index in [1.165, 1.54) is 0 Å². The van der Waals surface area contributed by atoms with Crippen LogP contribution in [-0.4, -0.2) is 29.4 Å². The number of aliphatic carboxylic acids is 1. The number of anilines is 2. The van der Waals surface area contributed by atoms with Gasteiger partial charge >= 0.3 is 5.97 Å². The Morgan fingerprint density at radius 2 is 1.78 bits per heavy atom. The average Bonchev–Trinajstić information content (AvgIpc) is 3.03. The molecule has 7 heteroatoms. The van der Waals surface area contributed by atoms with Crippen molar-refractivity contribution in [3.8, 4) is 0 Å². The number of carbonyl (C=O) groups excluding carboxylic acids is 2. The second-order valence-electron chi connectivity index (χ2n) is 9.58. The molecule has 0 saturated carbocycles. The van der Waals surface area contributed by atoms with Crippen LogP contribution in [0.3, 0.4) is 0 Å². The van der Waals surface area contributed by atoms with Crippen LogP contribution in [0.1, 0.15) is 75.4 Å². The molecule has 4 rings (SSSR count). The van der Waals surface area contributed by atoms with Crippen LogP contribution in [0.4, 0.5) is 11.4 Å².